The Labute approximate surface area is 152 Å². The molecule has 0 radical (unpaired) electrons. The number of halogens is 1. The van der Waals surface area contributed by atoms with Gasteiger partial charge in [-0.3, -0.25) is 4.79 Å². The molecule has 0 saturated heterocycles. The van der Waals surface area contributed by atoms with Crippen LogP contribution in [0.1, 0.15) is 22.8 Å². The van der Waals surface area contributed by atoms with Crippen LogP contribution in [-0.4, -0.2) is 23.7 Å². The molecule has 2 rings (SSSR count). The molecule has 0 aliphatic rings. The lowest BCUT2D eigenvalue weighted by atomic mass is 10.0. The first-order valence-corrected chi connectivity index (χ1v) is 8.84. The SMILES string of the molecule is CCOC(=O)c1cc(Sc2ccc(I)cc2)ccc1CC(=O)O. The highest BCUT2D eigenvalue weighted by Crippen LogP contribution is 2.30. The van der Waals surface area contributed by atoms with Crippen LogP contribution in [-0.2, 0) is 16.0 Å². The summed E-state index contributed by atoms with van der Waals surface area (Å²) >= 11 is 3.75. The standard InChI is InChI=1S/C17H15IO4S/c1-2-22-17(21)15-10-14(6-3-11(15)9-16(19)20)23-13-7-4-12(18)5-8-13/h3-8,10H,2,9H2,1H3,(H,19,20). The maximum Gasteiger partial charge on any atom is 0.338 e. The van der Waals surface area contributed by atoms with Crippen molar-refractivity contribution in [2.75, 3.05) is 6.61 Å². The summed E-state index contributed by atoms with van der Waals surface area (Å²) in [6.45, 7) is 1.97. The molecule has 6 heteroatoms. The first-order valence-electron chi connectivity index (χ1n) is 6.95. The zero-order valence-electron chi connectivity index (χ0n) is 12.4. The van der Waals surface area contributed by atoms with Gasteiger partial charge in [0, 0.05) is 13.4 Å². The minimum Gasteiger partial charge on any atom is -0.481 e. The number of aliphatic carboxylic acids is 1. The molecule has 120 valence electrons. The van der Waals surface area contributed by atoms with Gasteiger partial charge in [0.1, 0.15) is 0 Å². The molecule has 1 N–H and O–H groups in total. The van der Waals surface area contributed by atoms with Gasteiger partial charge in [-0.15, -0.1) is 0 Å². The third-order valence-electron chi connectivity index (χ3n) is 2.97. The van der Waals surface area contributed by atoms with Gasteiger partial charge in [-0.25, -0.2) is 4.79 Å². The van der Waals surface area contributed by atoms with Gasteiger partial charge in [-0.05, 0) is 71.5 Å². The highest BCUT2D eigenvalue weighted by Gasteiger charge is 2.16. The van der Waals surface area contributed by atoms with Crippen LogP contribution in [0.3, 0.4) is 0 Å². The summed E-state index contributed by atoms with van der Waals surface area (Å²) in [5.41, 5.74) is 0.771. The summed E-state index contributed by atoms with van der Waals surface area (Å²) in [7, 11) is 0. The van der Waals surface area contributed by atoms with Crippen molar-refractivity contribution in [2.45, 2.75) is 23.1 Å². The van der Waals surface area contributed by atoms with E-state index in [-0.39, 0.29) is 13.0 Å². The van der Waals surface area contributed by atoms with Crippen LogP contribution in [0.15, 0.2) is 52.3 Å². The number of carboxylic acids is 1. The fourth-order valence-corrected chi connectivity index (χ4v) is 3.19. The second-order valence-corrected chi connectivity index (χ2v) is 7.06. The van der Waals surface area contributed by atoms with Crippen molar-refractivity contribution in [1.82, 2.24) is 0 Å². The van der Waals surface area contributed by atoms with E-state index in [4.69, 9.17) is 9.84 Å². The third kappa shape index (κ3) is 5.24. The topological polar surface area (TPSA) is 63.6 Å². The van der Waals surface area contributed by atoms with Crippen molar-refractivity contribution >= 4 is 46.3 Å². The van der Waals surface area contributed by atoms with E-state index in [9.17, 15) is 9.59 Å². The van der Waals surface area contributed by atoms with Gasteiger partial charge in [-0.1, -0.05) is 17.8 Å². The fourth-order valence-electron chi connectivity index (χ4n) is 1.97. The molecule has 2 aromatic carbocycles. The second-order valence-electron chi connectivity index (χ2n) is 4.67. The first kappa shape index (κ1) is 17.8. The zero-order valence-corrected chi connectivity index (χ0v) is 15.4. The van der Waals surface area contributed by atoms with Gasteiger partial charge in [0.05, 0.1) is 18.6 Å². The van der Waals surface area contributed by atoms with Crippen molar-refractivity contribution in [3.05, 3.63) is 57.2 Å². The van der Waals surface area contributed by atoms with E-state index in [0.717, 1.165) is 13.4 Å². The molecule has 0 heterocycles. The van der Waals surface area contributed by atoms with Gasteiger partial charge in [0.15, 0.2) is 0 Å². The molecule has 0 aliphatic heterocycles. The van der Waals surface area contributed by atoms with E-state index in [0.29, 0.717) is 11.1 Å². The summed E-state index contributed by atoms with van der Waals surface area (Å²) in [4.78, 5) is 24.9. The van der Waals surface area contributed by atoms with Crippen molar-refractivity contribution in [1.29, 1.82) is 0 Å². The van der Waals surface area contributed by atoms with Crippen LogP contribution in [0.25, 0.3) is 0 Å². The molecule has 0 amide bonds. The molecule has 23 heavy (non-hydrogen) atoms. The number of benzene rings is 2. The maximum absolute atomic E-state index is 12.1. The number of hydrogen-bond acceptors (Lipinski definition) is 4. The van der Waals surface area contributed by atoms with Gasteiger partial charge in [0.25, 0.3) is 0 Å². The van der Waals surface area contributed by atoms with Crippen LogP contribution < -0.4 is 0 Å². The molecule has 0 saturated carbocycles. The molecule has 0 atom stereocenters. The Morgan fingerprint density at radius 3 is 2.39 bits per heavy atom. The molecule has 0 spiro atoms. The zero-order chi connectivity index (χ0) is 16.8. The predicted molar refractivity (Wildman–Crippen MR) is 97.0 cm³/mol. The first-order chi connectivity index (χ1) is 11.0. The van der Waals surface area contributed by atoms with Gasteiger partial charge in [-0.2, -0.15) is 0 Å². The maximum atomic E-state index is 12.1. The lowest BCUT2D eigenvalue weighted by molar-refractivity contribution is -0.136. The van der Waals surface area contributed by atoms with E-state index in [1.165, 1.54) is 11.8 Å². The van der Waals surface area contributed by atoms with E-state index in [1.54, 1.807) is 19.1 Å². The number of hydrogen-bond donors (Lipinski definition) is 1. The number of carbonyl (C=O) groups excluding carboxylic acids is 1. The molecule has 0 fully saturated rings. The summed E-state index contributed by atoms with van der Waals surface area (Å²) in [5.74, 6) is -1.47. The Morgan fingerprint density at radius 1 is 1.13 bits per heavy atom. The normalized spacial score (nSPS) is 10.3. The average molecular weight is 442 g/mol. The Bertz CT molecular complexity index is 713. The van der Waals surface area contributed by atoms with E-state index in [1.807, 2.05) is 30.3 Å². The summed E-state index contributed by atoms with van der Waals surface area (Å²) in [6.07, 6.45) is -0.206. The number of esters is 1. The Kier molecular flexibility index (Phi) is 6.47. The number of carbonyl (C=O) groups is 2. The molecular weight excluding hydrogens is 427 g/mol. The summed E-state index contributed by atoms with van der Waals surface area (Å²) in [6, 6.07) is 13.2. The Morgan fingerprint density at radius 2 is 1.78 bits per heavy atom. The third-order valence-corrected chi connectivity index (χ3v) is 4.68. The highest BCUT2D eigenvalue weighted by atomic mass is 127. The summed E-state index contributed by atoms with van der Waals surface area (Å²) < 4.78 is 6.18. The highest BCUT2D eigenvalue weighted by molar-refractivity contribution is 14.1. The van der Waals surface area contributed by atoms with Gasteiger partial charge < -0.3 is 9.84 Å². The Hall–Kier alpha value is -1.54. The molecule has 0 unspecified atom stereocenters. The Balaban J connectivity index is 2.30. The van der Waals surface area contributed by atoms with Crippen molar-refractivity contribution in [3.8, 4) is 0 Å². The van der Waals surface area contributed by atoms with E-state index >= 15 is 0 Å². The van der Waals surface area contributed by atoms with Crippen molar-refractivity contribution in [3.63, 3.8) is 0 Å². The van der Waals surface area contributed by atoms with E-state index < -0.39 is 11.9 Å². The minimum atomic E-state index is -0.978. The molecule has 0 aliphatic carbocycles. The van der Waals surface area contributed by atoms with Crippen LogP contribution in [0.5, 0.6) is 0 Å². The number of ether oxygens (including phenoxy) is 1. The molecular formula is C17H15IO4S. The van der Waals surface area contributed by atoms with Crippen LogP contribution in [0.2, 0.25) is 0 Å². The predicted octanol–water partition coefficient (Wildman–Crippen LogP) is 4.25. The molecule has 0 aromatic heterocycles. The van der Waals surface area contributed by atoms with Gasteiger partial charge >= 0.3 is 11.9 Å². The monoisotopic (exact) mass is 442 g/mol. The van der Waals surface area contributed by atoms with Crippen LogP contribution in [0, 0.1) is 3.57 Å². The summed E-state index contributed by atoms with van der Waals surface area (Å²) in [5, 5.41) is 8.98. The molecule has 0 bridgehead atoms. The number of carboxylic acid groups (broad SMARTS) is 1. The molecule has 2 aromatic rings. The quantitative estimate of drug-likeness (QED) is 0.536. The van der Waals surface area contributed by atoms with Gasteiger partial charge in [0.2, 0.25) is 0 Å². The average Bonchev–Trinajstić information content (AvgIpc) is 2.51. The second kappa shape index (κ2) is 8.35. The smallest absolute Gasteiger partial charge is 0.338 e. The van der Waals surface area contributed by atoms with Crippen LogP contribution in [0.4, 0.5) is 0 Å². The minimum absolute atomic E-state index is 0.206. The van der Waals surface area contributed by atoms with Crippen molar-refractivity contribution < 1.29 is 19.4 Å². The lowest BCUT2D eigenvalue weighted by Gasteiger charge is -2.10. The fraction of sp³-hybridized carbons (Fsp3) is 0.176. The van der Waals surface area contributed by atoms with Crippen LogP contribution >= 0.6 is 34.4 Å². The molecule has 4 nitrogen and oxygen atoms in total. The largest absolute Gasteiger partial charge is 0.481 e. The van der Waals surface area contributed by atoms with Crippen molar-refractivity contribution in [2.24, 2.45) is 0 Å². The van der Waals surface area contributed by atoms with E-state index in [2.05, 4.69) is 22.6 Å². The lowest BCUT2D eigenvalue weighted by Crippen LogP contribution is -2.11. The number of rotatable bonds is 6.